The van der Waals surface area contributed by atoms with Crippen molar-refractivity contribution in [3.8, 4) is 0 Å². The summed E-state index contributed by atoms with van der Waals surface area (Å²) < 4.78 is 13.2. The van der Waals surface area contributed by atoms with E-state index in [4.69, 9.17) is 11.6 Å². The van der Waals surface area contributed by atoms with Crippen LogP contribution in [0.3, 0.4) is 0 Å². The highest BCUT2D eigenvalue weighted by Crippen LogP contribution is 2.23. The smallest absolute Gasteiger partial charge is 0.251 e. The second-order valence-corrected chi connectivity index (χ2v) is 7.36. The summed E-state index contributed by atoms with van der Waals surface area (Å²) in [6, 6.07) is 6.59. The molecule has 0 atom stereocenters. The van der Waals surface area contributed by atoms with Crippen LogP contribution in [0.5, 0.6) is 0 Å². The number of rotatable bonds is 4. The molecule has 1 amide bonds. The molecule has 1 aliphatic carbocycles. The van der Waals surface area contributed by atoms with Crippen molar-refractivity contribution in [1.29, 1.82) is 0 Å². The average Bonchev–Trinajstić information content (AvgIpc) is 2.62. The maximum atomic E-state index is 13.2. The van der Waals surface area contributed by atoms with Gasteiger partial charge in [-0.2, -0.15) is 0 Å². The Morgan fingerprint density at radius 3 is 2.41 bits per heavy atom. The van der Waals surface area contributed by atoms with E-state index in [1.165, 1.54) is 29.3 Å². The zero-order valence-corrected chi connectivity index (χ0v) is 17.0. The molecule has 7 heteroatoms. The molecule has 0 radical (unpaired) electrons. The molecule has 0 bridgehead atoms. The molecule has 2 N–H and O–H groups in total. The zero-order valence-electron chi connectivity index (χ0n) is 15.4. The normalized spacial score (nSPS) is 19.1. The maximum Gasteiger partial charge on any atom is 0.251 e. The lowest BCUT2D eigenvalue weighted by Gasteiger charge is -2.30. The summed E-state index contributed by atoms with van der Waals surface area (Å²) in [6.07, 6.45) is 5.59. The van der Waals surface area contributed by atoms with Gasteiger partial charge in [0.2, 0.25) is 0 Å². The summed E-state index contributed by atoms with van der Waals surface area (Å²) >= 11 is 5.75. The predicted molar refractivity (Wildman–Crippen MR) is 110 cm³/mol. The van der Waals surface area contributed by atoms with Crippen LogP contribution in [0.2, 0.25) is 5.02 Å². The Bertz CT molecular complexity index is 808. The largest absolute Gasteiger partial charge is 0.367 e. The highest BCUT2D eigenvalue weighted by atomic mass is 35.5. The van der Waals surface area contributed by atoms with Crippen molar-refractivity contribution in [3.05, 3.63) is 58.0 Å². The Kier molecular flexibility index (Phi) is 7.45. The number of benzene rings is 1. The van der Waals surface area contributed by atoms with Gasteiger partial charge in [0, 0.05) is 23.8 Å². The minimum absolute atomic E-state index is 0. The topological polar surface area (TPSA) is 54.0 Å². The third-order valence-corrected chi connectivity index (χ3v) is 5.26. The second-order valence-electron chi connectivity index (χ2n) is 6.95. The SMILES string of the molecule is Cc1cnc(NC2CCC(NC(=O)c3ccc(F)c(Cl)c3)CC2)cc1C.Cl. The first-order valence-electron chi connectivity index (χ1n) is 8.88. The summed E-state index contributed by atoms with van der Waals surface area (Å²) in [5, 5.41) is 6.47. The van der Waals surface area contributed by atoms with Gasteiger partial charge in [0.05, 0.1) is 5.02 Å². The van der Waals surface area contributed by atoms with E-state index in [0.717, 1.165) is 31.5 Å². The molecule has 1 fully saturated rings. The molecule has 27 heavy (non-hydrogen) atoms. The number of carbonyl (C=O) groups excluding carboxylic acids is 1. The van der Waals surface area contributed by atoms with Gasteiger partial charge in [-0.1, -0.05) is 11.6 Å². The Hall–Kier alpha value is -1.85. The van der Waals surface area contributed by atoms with E-state index in [1.54, 1.807) is 0 Å². The van der Waals surface area contributed by atoms with Crippen molar-refractivity contribution < 1.29 is 9.18 Å². The first-order chi connectivity index (χ1) is 12.4. The van der Waals surface area contributed by atoms with Crippen LogP contribution >= 0.6 is 24.0 Å². The van der Waals surface area contributed by atoms with Gasteiger partial charge in [0.15, 0.2) is 0 Å². The monoisotopic (exact) mass is 411 g/mol. The lowest BCUT2D eigenvalue weighted by atomic mass is 9.91. The number of nitrogens with one attached hydrogen (secondary N) is 2. The fraction of sp³-hybridized carbons (Fsp3) is 0.400. The quantitative estimate of drug-likeness (QED) is 0.738. The molecule has 0 spiro atoms. The van der Waals surface area contributed by atoms with Gasteiger partial charge >= 0.3 is 0 Å². The van der Waals surface area contributed by atoms with Gasteiger partial charge < -0.3 is 10.6 Å². The Balaban J connectivity index is 0.00000261. The minimum Gasteiger partial charge on any atom is -0.367 e. The highest BCUT2D eigenvalue weighted by molar-refractivity contribution is 6.31. The zero-order chi connectivity index (χ0) is 18.7. The van der Waals surface area contributed by atoms with Gasteiger partial charge in [0.25, 0.3) is 5.91 Å². The number of amides is 1. The maximum absolute atomic E-state index is 13.2. The van der Waals surface area contributed by atoms with Crippen molar-refractivity contribution in [2.75, 3.05) is 5.32 Å². The lowest BCUT2D eigenvalue weighted by molar-refractivity contribution is 0.0926. The van der Waals surface area contributed by atoms with Crippen LogP contribution in [0.15, 0.2) is 30.5 Å². The number of anilines is 1. The molecule has 1 aromatic carbocycles. The van der Waals surface area contributed by atoms with Crippen LogP contribution in [0, 0.1) is 19.7 Å². The number of aromatic nitrogens is 1. The summed E-state index contributed by atoms with van der Waals surface area (Å²) in [4.78, 5) is 16.7. The molecular formula is C20H24Cl2FN3O. The van der Waals surface area contributed by atoms with E-state index in [-0.39, 0.29) is 29.4 Å². The molecular weight excluding hydrogens is 388 g/mol. The summed E-state index contributed by atoms with van der Waals surface area (Å²) in [6.45, 7) is 4.13. The van der Waals surface area contributed by atoms with Crippen molar-refractivity contribution in [2.45, 2.75) is 51.6 Å². The van der Waals surface area contributed by atoms with Crippen LogP contribution in [0.1, 0.15) is 47.2 Å². The van der Waals surface area contributed by atoms with Gasteiger partial charge in [0.1, 0.15) is 11.6 Å². The van der Waals surface area contributed by atoms with E-state index in [1.807, 2.05) is 13.1 Å². The van der Waals surface area contributed by atoms with Crippen LogP contribution in [-0.2, 0) is 0 Å². The molecule has 4 nitrogen and oxygen atoms in total. The predicted octanol–water partition coefficient (Wildman–Crippen LogP) is 5.07. The highest BCUT2D eigenvalue weighted by Gasteiger charge is 2.23. The van der Waals surface area contributed by atoms with Crippen LogP contribution in [-0.4, -0.2) is 23.0 Å². The molecule has 1 aliphatic rings. The number of hydrogen-bond acceptors (Lipinski definition) is 3. The first-order valence-corrected chi connectivity index (χ1v) is 9.26. The van der Waals surface area contributed by atoms with Crippen molar-refractivity contribution >= 4 is 35.7 Å². The third-order valence-electron chi connectivity index (χ3n) is 4.97. The van der Waals surface area contributed by atoms with Crippen LogP contribution in [0.4, 0.5) is 10.2 Å². The molecule has 1 saturated carbocycles. The van der Waals surface area contributed by atoms with Gasteiger partial charge in [-0.3, -0.25) is 4.79 Å². The van der Waals surface area contributed by atoms with Crippen LogP contribution in [0.25, 0.3) is 0 Å². The third kappa shape index (κ3) is 5.56. The number of hydrogen-bond donors (Lipinski definition) is 2. The Labute approximate surface area is 170 Å². The summed E-state index contributed by atoms with van der Waals surface area (Å²) in [5.74, 6) is 0.176. The number of halogens is 3. The number of nitrogens with zero attached hydrogens (tertiary/aromatic N) is 1. The molecule has 3 rings (SSSR count). The van der Waals surface area contributed by atoms with E-state index in [2.05, 4.69) is 28.6 Å². The standard InChI is InChI=1S/C20H23ClFN3O.ClH/c1-12-9-19(23-11-13(12)2)24-15-4-6-16(7-5-15)25-20(26)14-3-8-18(22)17(21)10-14;/h3,8-11,15-16H,4-7H2,1-2H3,(H,23,24)(H,25,26);1H. The number of pyridine rings is 1. The molecule has 1 heterocycles. The van der Waals surface area contributed by atoms with E-state index >= 15 is 0 Å². The molecule has 0 saturated heterocycles. The van der Waals surface area contributed by atoms with Crippen molar-refractivity contribution in [3.63, 3.8) is 0 Å². The molecule has 2 aromatic rings. The van der Waals surface area contributed by atoms with Crippen molar-refractivity contribution in [2.24, 2.45) is 0 Å². The van der Waals surface area contributed by atoms with Crippen LogP contribution < -0.4 is 10.6 Å². The first kappa shape index (κ1) is 21.5. The van der Waals surface area contributed by atoms with E-state index in [0.29, 0.717) is 11.6 Å². The number of aryl methyl sites for hydroxylation is 2. The minimum atomic E-state index is -0.519. The molecule has 146 valence electrons. The van der Waals surface area contributed by atoms with E-state index in [9.17, 15) is 9.18 Å². The summed E-state index contributed by atoms with van der Waals surface area (Å²) in [5.41, 5.74) is 2.79. The summed E-state index contributed by atoms with van der Waals surface area (Å²) in [7, 11) is 0. The Morgan fingerprint density at radius 2 is 1.78 bits per heavy atom. The molecule has 1 aromatic heterocycles. The molecule has 0 unspecified atom stereocenters. The van der Waals surface area contributed by atoms with Gasteiger partial charge in [-0.05, 0) is 74.9 Å². The van der Waals surface area contributed by atoms with E-state index < -0.39 is 5.82 Å². The Morgan fingerprint density at radius 1 is 1.11 bits per heavy atom. The molecule has 0 aliphatic heterocycles. The average molecular weight is 412 g/mol. The fourth-order valence-corrected chi connectivity index (χ4v) is 3.38. The fourth-order valence-electron chi connectivity index (χ4n) is 3.20. The van der Waals surface area contributed by atoms with Crippen molar-refractivity contribution in [1.82, 2.24) is 10.3 Å². The lowest BCUT2D eigenvalue weighted by Crippen LogP contribution is -2.40. The van der Waals surface area contributed by atoms with Gasteiger partial charge in [-0.25, -0.2) is 9.37 Å². The number of carbonyl (C=O) groups is 1. The van der Waals surface area contributed by atoms with Gasteiger partial charge in [-0.15, -0.1) is 12.4 Å². The second kappa shape index (κ2) is 9.38.